The monoisotopic (exact) mass is 1040 g/mol. The molecule has 1 N–H and O–H groups in total. The minimum absolute atomic E-state index is 0.00160. The molecule has 0 aliphatic heterocycles. The zero-order valence-corrected chi connectivity index (χ0v) is 47.4. The fourth-order valence-electron chi connectivity index (χ4n) is 6.25. The van der Waals surface area contributed by atoms with Crippen LogP contribution in [0.4, 0.5) is 0 Å². The van der Waals surface area contributed by atoms with Crippen LogP contribution in [0.2, 0.25) is 0 Å². The largest absolute Gasteiger partial charge is 0.472 e. The van der Waals surface area contributed by atoms with Gasteiger partial charge in [0, 0.05) is 12.8 Å². The number of esters is 2. The molecule has 2 atom stereocenters. The molecule has 9 nitrogen and oxygen atoms in total. The summed E-state index contributed by atoms with van der Waals surface area (Å²) < 4.78 is 34.4. The number of quaternary nitrogens is 1. The molecule has 0 aliphatic carbocycles. The van der Waals surface area contributed by atoms with Crippen LogP contribution in [0.15, 0.2) is 182 Å². The number of phosphoric acid groups is 1. The lowest BCUT2D eigenvalue weighted by atomic mass is 10.2. The highest BCUT2D eigenvalue weighted by Gasteiger charge is 2.27. The predicted octanol–water partition coefficient (Wildman–Crippen LogP) is 17.2. The van der Waals surface area contributed by atoms with E-state index in [4.69, 9.17) is 18.5 Å². The van der Waals surface area contributed by atoms with E-state index in [2.05, 4.69) is 190 Å². The number of unbranched alkanes of at least 4 members (excludes halogenated alkanes) is 3. The highest BCUT2D eigenvalue weighted by molar-refractivity contribution is 7.47. The van der Waals surface area contributed by atoms with Crippen LogP contribution in [0.1, 0.15) is 155 Å². The Kier molecular flexibility index (Phi) is 49.5. The smallest absolute Gasteiger partial charge is 0.462 e. The summed E-state index contributed by atoms with van der Waals surface area (Å²) in [5, 5.41) is 0. The Morgan fingerprint density at radius 1 is 0.419 bits per heavy atom. The summed E-state index contributed by atoms with van der Waals surface area (Å²) in [6.45, 7) is 4.04. The van der Waals surface area contributed by atoms with Gasteiger partial charge in [0.25, 0.3) is 0 Å². The first kappa shape index (κ1) is 69.1. The van der Waals surface area contributed by atoms with Crippen molar-refractivity contribution >= 4 is 19.8 Å². The lowest BCUT2D eigenvalue weighted by Gasteiger charge is -2.24. The lowest BCUT2D eigenvalue weighted by molar-refractivity contribution is -0.870. The van der Waals surface area contributed by atoms with E-state index in [-0.39, 0.29) is 26.1 Å². The van der Waals surface area contributed by atoms with Crippen molar-refractivity contribution in [3.63, 3.8) is 0 Å². The molecule has 2 unspecified atom stereocenters. The zero-order chi connectivity index (χ0) is 54.2. The fraction of sp³-hybridized carbons (Fsp3) is 0.500. The molecular formula is C64H99NO8P+. The number of phosphoric ester groups is 1. The second-order valence-corrected chi connectivity index (χ2v) is 19.9. The average molecular weight is 1040 g/mol. The van der Waals surface area contributed by atoms with Gasteiger partial charge in [-0.05, 0) is 128 Å². The van der Waals surface area contributed by atoms with E-state index in [0.29, 0.717) is 30.3 Å². The molecular weight excluding hydrogens is 942 g/mol. The highest BCUT2D eigenvalue weighted by Crippen LogP contribution is 2.43. The molecule has 0 amide bonds. The van der Waals surface area contributed by atoms with Crippen molar-refractivity contribution in [1.82, 2.24) is 0 Å². The van der Waals surface area contributed by atoms with Crippen LogP contribution >= 0.6 is 7.82 Å². The van der Waals surface area contributed by atoms with Gasteiger partial charge in [-0.3, -0.25) is 18.6 Å². The lowest BCUT2D eigenvalue weighted by Crippen LogP contribution is -2.37. The van der Waals surface area contributed by atoms with E-state index in [1.807, 2.05) is 27.2 Å². The number of ether oxygens (including phenoxy) is 2. The van der Waals surface area contributed by atoms with Gasteiger partial charge in [-0.15, -0.1) is 0 Å². The average Bonchev–Trinajstić information content (AvgIpc) is 3.36. The number of nitrogens with zero attached hydrogens (tertiary/aromatic N) is 1. The highest BCUT2D eigenvalue weighted by atomic mass is 31.2. The number of hydrogen-bond acceptors (Lipinski definition) is 7. The summed E-state index contributed by atoms with van der Waals surface area (Å²) in [5.74, 6) is -0.940. The van der Waals surface area contributed by atoms with Crippen molar-refractivity contribution < 1.29 is 42.1 Å². The number of rotatable bonds is 47. The van der Waals surface area contributed by atoms with Gasteiger partial charge in [0.2, 0.25) is 0 Å². The van der Waals surface area contributed by atoms with Gasteiger partial charge in [-0.2, -0.15) is 0 Å². The van der Waals surface area contributed by atoms with Crippen molar-refractivity contribution in [1.29, 1.82) is 0 Å². The molecule has 0 saturated heterocycles. The maximum absolute atomic E-state index is 12.8. The van der Waals surface area contributed by atoms with Crippen molar-refractivity contribution in [2.24, 2.45) is 0 Å². The predicted molar refractivity (Wildman–Crippen MR) is 315 cm³/mol. The van der Waals surface area contributed by atoms with E-state index >= 15 is 0 Å². The Balaban J connectivity index is 4.47. The standard InChI is InChI=1S/C64H98NO8P/c1-6-8-10-12-14-16-18-20-22-24-26-28-30-31-32-33-35-37-39-41-43-45-47-49-51-53-55-57-64(67)73-62(61-72-74(68,69)71-59-58-65(3,4)5)60-70-63(66)56-54-52-50-48-46-44-42-40-38-36-34-29-27-25-23-21-19-17-15-13-11-9-7-2/h8-11,14-17,20-23,26-29,31-32,35-38,41-44,47-50,62H,6-7,12-13,18-19,24-25,30,33-34,39-40,45-46,51-61H2,1-5H3/p+1/b10-8-,11-9-,16-14-,17-15-,22-20-,23-21-,28-26-,29-27-,32-31-,37-35-,38-36-,43-41-,44-42-,49-47-,50-48-. The molecule has 0 saturated carbocycles. The molecule has 0 radical (unpaired) electrons. The Labute approximate surface area is 450 Å². The van der Waals surface area contributed by atoms with E-state index in [1.54, 1.807) is 0 Å². The van der Waals surface area contributed by atoms with E-state index in [1.165, 1.54) is 0 Å². The van der Waals surface area contributed by atoms with Crippen molar-refractivity contribution in [3.8, 4) is 0 Å². The zero-order valence-electron chi connectivity index (χ0n) is 46.5. The molecule has 412 valence electrons. The van der Waals surface area contributed by atoms with Crippen molar-refractivity contribution in [3.05, 3.63) is 182 Å². The number of hydrogen-bond donors (Lipinski definition) is 1. The van der Waals surface area contributed by atoms with Crippen LogP contribution in [-0.2, 0) is 32.7 Å². The van der Waals surface area contributed by atoms with Crippen LogP contribution in [0.25, 0.3) is 0 Å². The second-order valence-electron chi connectivity index (χ2n) is 18.5. The molecule has 0 bridgehead atoms. The molecule has 0 aromatic carbocycles. The summed E-state index contributed by atoms with van der Waals surface area (Å²) in [6.07, 6.45) is 82.5. The molecule has 74 heavy (non-hydrogen) atoms. The van der Waals surface area contributed by atoms with Gasteiger partial charge in [-0.25, -0.2) is 4.57 Å². The normalized spacial score (nSPS) is 14.7. The molecule has 0 rings (SSSR count). The van der Waals surface area contributed by atoms with Crippen LogP contribution < -0.4 is 0 Å². The van der Waals surface area contributed by atoms with Crippen LogP contribution in [0, 0.1) is 0 Å². The van der Waals surface area contributed by atoms with Gasteiger partial charge >= 0.3 is 19.8 Å². The summed E-state index contributed by atoms with van der Waals surface area (Å²) in [6, 6.07) is 0. The Morgan fingerprint density at radius 3 is 1.07 bits per heavy atom. The minimum atomic E-state index is -4.43. The van der Waals surface area contributed by atoms with Crippen LogP contribution in [0.5, 0.6) is 0 Å². The summed E-state index contributed by atoms with van der Waals surface area (Å²) >= 11 is 0. The quantitative estimate of drug-likeness (QED) is 0.0211. The Hall–Kier alpha value is -4.89. The van der Waals surface area contributed by atoms with Gasteiger partial charge in [-0.1, -0.05) is 196 Å². The van der Waals surface area contributed by atoms with Crippen LogP contribution in [-0.4, -0.2) is 74.9 Å². The van der Waals surface area contributed by atoms with Crippen molar-refractivity contribution in [2.75, 3.05) is 47.5 Å². The number of likely N-dealkylation sites (N-methyl/N-ethyl adjacent to an activating group) is 1. The van der Waals surface area contributed by atoms with Gasteiger partial charge in [0.1, 0.15) is 19.8 Å². The second kappa shape index (κ2) is 53.0. The fourth-order valence-corrected chi connectivity index (χ4v) is 6.99. The van der Waals surface area contributed by atoms with E-state index < -0.39 is 32.5 Å². The third-order valence-electron chi connectivity index (χ3n) is 10.4. The van der Waals surface area contributed by atoms with E-state index in [9.17, 15) is 19.0 Å². The Morgan fingerprint density at radius 2 is 0.730 bits per heavy atom. The molecule has 0 aliphatic rings. The number of allylic oxidation sites excluding steroid dienone is 30. The van der Waals surface area contributed by atoms with Crippen LogP contribution in [0.3, 0.4) is 0 Å². The number of carbonyl (C=O) groups is 2. The molecule has 0 spiro atoms. The molecule has 10 heteroatoms. The van der Waals surface area contributed by atoms with Gasteiger partial charge in [0.05, 0.1) is 27.7 Å². The summed E-state index contributed by atoms with van der Waals surface area (Å²) in [7, 11) is 1.38. The number of carbonyl (C=O) groups excluding carboxylic acids is 2. The topological polar surface area (TPSA) is 108 Å². The first-order chi connectivity index (χ1) is 36.0. The van der Waals surface area contributed by atoms with Gasteiger partial charge < -0.3 is 18.9 Å². The molecule has 0 heterocycles. The summed E-state index contributed by atoms with van der Waals surface area (Å²) in [4.78, 5) is 35.6. The SMILES string of the molecule is CC/C=C\C/C=C\C/C=C\C/C=C\C/C=C\C/C=C\C/C=C\C/C=C\CCCCC(=O)OC(COC(=O)CCC/C=C\C/C=C\C/C=C\C/C=C\C/C=C\C/C=C\C/C=C\CC)COP(=O)(O)OCC[N+](C)(C)C. The maximum atomic E-state index is 12.8. The molecule has 0 fully saturated rings. The van der Waals surface area contributed by atoms with Gasteiger partial charge in [0.15, 0.2) is 6.10 Å². The van der Waals surface area contributed by atoms with E-state index in [0.717, 1.165) is 109 Å². The third-order valence-corrected chi connectivity index (χ3v) is 11.4. The Bertz CT molecular complexity index is 1900. The maximum Gasteiger partial charge on any atom is 0.472 e. The first-order valence-corrected chi connectivity index (χ1v) is 29.0. The first-order valence-electron chi connectivity index (χ1n) is 27.5. The molecule has 0 aromatic rings. The molecule has 0 aromatic heterocycles. The minimum Gasteiger partial charge on any atom is -0.462 e. The van der Waals surface area contributed by atoms with Crippen molar-refractivity contribution in [2.45, 2.75) is 161 Å². The third kappa shape index (κ3) is 56.4. The summed E-state index contributed by atoms with van der Waals surface area (Å²) in [5.41, 5.74) is 0.